The molecule has 0 spiro atoms. The molecule has 9 bridgehead atoms. The minimum atomic E-state index is -0.855. The average Bonchev–Trinajstić information content (AvgIpc) is 3.40. The number of benzene rings is 3. The van der Waals surface area contributed by atoms with E-state index in [0.717, 1.165) is 89.7 Å². The predicted molar refractivity (Wildman–Crippen MR) is 156 cm³/mol. The Morgan fingerprint density at radius 2 is 1.80 bits per heavy atom. The largest absolute Gasteiger partial charge is 0.496 e. The molecule has 0 saturated carbocycles. The van der Waals surface area contributed by atoms with Gasteiger partial charge in [-0.25, -0.2) is 4.68 Å². The number of carbonyl (C=O) groups excluding carboxylic acids is 1. The lowest BCUT2D eigenvalue weighted by Gasteiger charge is -2.30. The Bertz CT molecular complexity index is 1630. The molecule has 1 amide bonds. The van der Waals surface area contributed by atoms with Gasteiger partial charge in [0.1, 0.15) is 11.3 Å². The van der Waals surface area contributed by atoms with Crippen LogP contribution in [0.5, 0.6) is 5.75 Å². The number of rotatable bonds is 3. The monoisotopic (exact) mass is 552 g/mol. The van der Waals surface area contributed by atoms with Gasteiger partial charge >= 0.3 is 5.97 Å². The second-order valence-electron chi connectivity index (χ2n) is 11.3. The maximum Gasteiger partial charge on any atom is 0.304 e. The minimum absolute atomic E-state index is 0.0143. The van der Waals surface area contributed by atoms with Gasteiger partial charge in [0, 0.05) is 31.1 Å². The maximum atomic E-state index is 13.6. The summed E-state index contributed by atoms with van der Waals surface area (Å²) in [5.41, 5.74) is 8.67. The van der Waals surface area contributed by atoms with Crippen LogP contribution in [0, 0.1) is 6.92 Å². The molecule has 3 aromatic carbocycles. The summed E-state index contributed by atoms with van der Waals surface area (Å²) >= 11 is 0. The summed E-state index contributed by atoms with van der Waals surface area (Å²) in [4.78, 5) is 27.5. The Labute approximate surface area is 239 Å². The Morgan fingerprint density at radius 1 is 0.976 bits per heavy atom. The Morgan fingerprint density at radius 3 is 2.63 bits per heavy atom. The number of hydrogen-bond donors (Lipinski definition) is 1. The van der Waals surface area contributed by atoms with Crippen LogP contribution in [0.1, 0.15) is 81.8 Å². The molecule has 0 fully saturated rings. The zero-order valence-corrected chi connectivity index (χ0v) is 23.7. The quantitative estimate of drug-likeness (QED) is 0.352. The second-order valence-corrected chi connectivity index (χ2v) is 11.3. The molecule has 0 radical (unpaired) electrons. The van der Waals surface area contributed by atoms with E-state index >= 15 is 0 Å². The summed E-state index contributed by atoms with van der Waals surface area (Å²) in [6.07, 6.45) is 5.83. The fourth-order valence-corrected chi connectivity index (χ4v) is 6.47. The van der Waals surface area contributed by atoms with E-state index in [-0.39, 0.29) is 18.2 Å². The number of carboxylic acids is 1. The molecule has 1 atom stereocenters. The summed E-state index contributed by atoms with van der Waals surface area (Å²) in [6, 6.07) is 16.1. The lowest BCUT2D eigenvalue weighted by atomic mass is 9.83. The first-order valence-corrected chi connectivity index (χ1v) is 14.6. The van der Waals surface area contributed by atoms with Gasteiger partial charge in [0.25, 0.3) is 5.91 Å². The first-order chi connectivity index (χ1) is 19.9. The van der Waals surface area contributed by atoms with Crippen molar-refractivity contribution in [2.24, 2.45) is 0 Å². The number of nitrogens with zero attached hydrogens (tertiary/aromatic N) is 4. The highest BCUT2D eigenvalue weighted by Crippen LogP contribution is 2.35. The number of aliphatic carboxylic acids is 1. The summed E-state index contributed by atoms with van der Waals surface area (Å²) in [7, 11) is 1.66. The molecule has 5 aliphatic heterocycles. The van der Waals surface area contributed by atoms with Crippen molar-refractivity contribution in [3.05, 3.63) is 87.5 Å². The zero-order chi connectivity index (χ0) is 28.5. The van der Waals surface area contributed by atoms with Crippen molar-refractivity contribution in [2.45, 2.75) is 70.9 Å². The van der Waals surface area contributed by atoms with Crippen LogP contribution in [-0.4, -0.2) is 50.5 Å². The van der Waals surface area contributed by atoms with Crippen LogP contribution in [0.3, 0.4) is 0 Å². The summed E-state index contributed by atoms with van der Waals surface area (Å²) in [5, 5.41) is 18.9. The molecule has 5 aliphatic rings. The van der Waals surface area contributed by atoms with Crippen molar-refractivity contribution >= 4 is 22.9 Å². The Balaban J connectivity index is 1.42. The summed E-state index contributed by atoms with van der Waals surface area (Å²) in [6.45, 7) is 3.93. The number of carbonyl (C=O) groups is 2. The van der Waals surface area contributed by atoms with E-state index in [0.29, 0.717) is 18.7 Å². The SMILES string of the molecule is COc1cc2ccc1CCCCCCn1nnc3c(C)c(ccc31)[C@@H](CC(=O)O)c1ccc3c(c1)CN(CC3)C2=O. The van der Waals surface area contributed by atoms with Gasteiger partial charge in [0.15, 0.2) is 0 Å². The molecule has 1 aromatic heterocycles. The van der Waals surface area contributed by atoms with Gasteiger partial charge in [-0.1, -0.05) is 48.4 Å². The van der Waals surface area contributed by atoms with Crippen molar-refractivity contribution in [2.75, 3.05) is 13.7 Å². The second kappa shape index (κ2) is 11.4. The van der Waals surface area contributed by atoms with Crippen molar-refractivity contribution in [3.8, 4) is 5.75 Å². The number of aromatic nitrogens is 3. The van der Waals surface area contributed by atoms with Gasteiger partial charge in [-0.05, 0) is 84.2 Å². The van der Waals surface area contributed by atoms with Gasteiger partial charge in [0.05, 0.1) is 19.0 Å². The topological polar surface area (TPSA) is 97.5 Å². The van der Waals surface area contributed by atoms with Crippen LogP contribution in [0.25, 0.3) is 11.0 Å². The van der Waals surface area contributed by atoms with Gasteiger partial charge in [-0.15, -0.1) is 5.10 Å². The molecule has 1 N–H and O–H groups in total. The smallest absolute Gasteiger partial charge is 0.304 e. The summed E-state index contributed by atoms with van der Waals surface area (Å²) < 4.78 is 7.66. The number of amides is 1. The van der Waals surface area contributed by atoms with Crippen LogP contribution >= 0.6 is 0 Å². The van der Waals surface area contributed by atoms with Crippen molar-refractivity contribution in [1.29, 1.82) is 0 Å². The van der Waals surface area contributed by atoms with Crippen LogP contribution in [0.15, 0.2) is 48.5 Å². The number of methoxy groups -OCH3 is 1. The third kappa shape index (κ3) is 5.31. The van der Waals surface area contributed by atoms with E-state index in [2.05, 4.69) is 22.4 Å². The molecule has 0 saturated heterocycles. The maximum absolute atomic E-state index is 13.6. The molecular formula is C33H36N4O4. The highest BCUT2D eigenvalue weighted by molar-refractivity contribution is 5.95. The fourth-order valence-electron chi connectivity index (χ4n) is 6.47. The number of ether oxygens (including phenoxy) is 1. The van der Waals surface area contributed by atoms with Crippen LogP contribution < -0.4 is 4.74 Å². The molecule has 0 unspecified atom stereocenters. The standard InChI is InChI=1S/C33H36N4O4/c1-21-27-12-13-29-32(21)34-35-37(29)15-6-4-3-5-7-23-9-11-25(18-30(23)41-2)33(40)36-16-14-22-8-10-24(17-26(22)20-36)28(27)19-31(38)39/h8-13,17-18,28H,3-7,14-16,19-20H2,1-2H3,(H,38,39)/t28-/m0/s1. The first-order valence-electron chi connectivity index (χ1n) is 14.6. The highest BCUT2D eigenvalue weighted by Gasteiger charge is 2.26. The molecule has 9 rings (SSSR count). The lowest BCUT2D eigenvalue weighted by molar-refractivity contribution is -0.137. The van der Waals surface area contributed by atoms with Crippen LogP contribution in [0.2, 0.25) is 0 Å². The molecule has 8 heteroatoms. The summed E-state index contributed by atoms with van der Waals surface area (Å²) in [5.74, 6) is -0.447. The van der Waals surface area contributed by atoms with Gasteiger partial charge in [-0.3, -0.25) is 9.59 Å². The molecular weight excluding hydrogens is 516 g/mol. The fraction of sp³-hybridized carbons (Fsp3) is 0.394. The molecule has 0 aliphatic carbocycles. The molecule has 4 aromatic rings. The van der Waals surface area contributed by atoms with Gasteiger partial charge < -0.3 is 14.7 Å². The average molecular weight is 553 g/mol. The lowest BCUT2D eigenvalue weighted by Crippen LogP contribution is -2.36. The first kappa shape index (κ1) is 27.0. The Hall–Kier alpha value is -4.20. The molecule has 8 nitrogen and oxygen atoms in total. The number of hydrogen-bond acceptors (Lipinski definition) is 5. The third-order valence-corrected chi connectivity index (χ3v) is 8.77. The van der Waals surface area contributed by atoms with E-state index in [1.54, 1.807) is 7.11 Å². The molecule has 212 valence electrons. The third-order valence-electron chi connectivity index (χ3n) is 8.77. The highest BCUT2D eigenvalue weighted by atomic mass is 16.5. The number of carboxylic acid groups (broad SMARTS) is 1. The zero-order valence-electron chi connectivity index (χ0n) is 23.7. The normalized spacial score (nSPS) is 17.7. The van der Waals surface area contributed by atoms with Crippen molar-refractivity contribution < 1.29 is 19.4 Å². The number of aryl methyl sites for hydroxylation is 3. The predicted octanol–water partition coefficient (Wildman–Crippen LogP) is 5.67. The van der Waals surface area contributed by atoms with Crippen molar-refractivity contribution in [3.63, 3.8) is 0 Å². The van der Waals surface area contributed by atoms with E-state index < -0.39 is 5.97 Å². The Kier molecular flexibility index (Phi) is 7.47. The minimum Gasteiger partial charge on any atom is -0.496 e. The van der Waals surface area contributed by atoms with E-state index in [1.165, 1.54) is 5.56 Å². The van der Waals surface area contributed by atoms with Gasteiger partial charge in [-0.2, -0.15) is 0 Å². The van der Waals surface area contributed by atoms with Gasteiger partial charge in [0.2, 0.25) is 0 Å². The molecule has 41 heavy (non-hydrogen) atoms. The van der Waals surface area contributed by atoms with E-state index in [9.17, 15) is 14.7 Å². The molecule has 6 heterocycles. The van der Waals surface area contributed by atoms with Crippen LogP contribution in [0.4, 0.5) is 0 Å². The van der Waals surface area contributed by atoms with Crippen molar-refractivity contribution in [1.82, 2.24) is 19.9 Å². The van der Waals surface area contributed by atoms with E-state index in [4.69, 9.17) is 4.74 Å². The van der Waals surface area contributed by atoms with Crippen LogP contribution in [-0.2, 0) is 30.7 Å². The van der Waals surface area contributed by atoms with E-state index in [1.807, 2.05) is 52.9 Å².